The molecule has 3 N–H and O–H groups in total. The summed E-state index contributed by atoms with van der Waals surface area (Å²) in [5, 5.41) is 10.5. The van der Waals surface area contributed by atoms with Crippen LogP contribution < -0.4 is 0 Å². The quantitative estimate of drug-likeness (QED) is 0.0222. The third-order valence-electron chi connectivity index (χ3n) is 14.6. The predicted octanol–water partition coefficient (Wildman–Crippen LogP) is 17.5. The van der Waals surface area contributed by atoms with Crippen molar-refractivity contribution < 1.29 is 80.2 Å². The zero-order valence-electron chi connectivity index (χ0n) is 52.5. The molecule has 0 spiro atoms. The summed E-state index contributed by atoms with van der Waals surface area (Å²) in [7, 11) is -9.88. The molecule has 0 saturated heterocycles. The maximum atomic E-state index is 13.0. The van der Waals surface area contributed by atoms with Crippen LogP contribution in [0.2, 0.25) is 0 Å². The largest absolute Gasteiger partial charge is 0.472 e. The molecule has 0 saturated carbocycles. The summed E-state index contributed by atoms with van der Waals surface area (Å²) >= 11 is 0. The number of esters is 4. The van der Waals surface area contributed by atoms with Crippen LogP contribution in [-0.2, 0) is 65.4 Å². The van der Waals surface area contributed by atoms with Gasteiger partial charge in [0.1, 0.15) is 19.3 Å². The molecule has 2 unspecified atom stereocenters. The lowest BCUT2D eigenvalue weighted by Crippen LogP contribution is -2.30. The Bertz CT molecular complexity index is 1590. The van der Waals surface area contributed by atoms with Crippen LogP contribution in [0.5, 0.6) is 0 Å². The number of carbonyl (C=O) groups is 4. The SMILES string of the molecule is CCCCCCCCCCCCCCC(=O)OC[C@H](COP(=O)(O)OC[C@@H](O)COP(=O)(O)OC[C@@H](COC(=O)CCCCCCCCCC)OC(=O)CCCCCCCCCCCC)OC(=O)CCCCCCCCCCCCCC. The monoisotopic (exact) mass is 1210 g/mol. The standard InChI is InChI=1S/C63H122O17P2/c1-5-9-13-17-21-25-28-30-33-36-40-44-48-61(66)74-54-59(80-63(68)50-46-42-38-34-31-29-26-22-18-14-10-6-2)56-78-82(71,72)76-52-57(64)51-75-81(69,70)77-55-58(53-73-60(65)47-43-39-35-24-20-16-12-8-4)79-62(67)49-45-41-37-32-27-23-19-15-11-7-3/h57-59,64H,5-56H2,1-4H3,(H,69,70)(H,71,72)/t57-,58+,59+/m0/s1. The first-order valence-electron chi connectivity index (χ1n) is 33.3. The highest BCUT2D eigenvalue weighted by atomic mass is 31.2. The van der Waals surface area contributed by atoms with Crippen LogP contribution in [-0.4, -0.2) is 96.7 Å². The molecular weight excluding hydrogens is 1090 g/mol. The lowest BCUT2D eigenvalue weighted by molar-refractivity contribution is -0.161. The van der Waals surface area contributed by atoms with Gasteiger partial charge in [0, 0.05) is 25.7 Å². The van der Waals surface area contributed by atoms with E-state index in [2.05, 4.69) is 27.7 Å². The van der Waals surface area contributed by atoms with E-state index in [-0.39, 0.29) is 25.7 Å². The van der Waals surface area contributed by atoms with E-state index in [0.717, 1.165) is 96.3 Å². The number of ether oxygens (including phenoxy) is 4. The zero-order valence-corrected chi connectivity index (χ0v) is 54.2. The molecule has 0 radical (unpaired) electrons. The van der Waals surface area contributed by atoms with Crippen molar-refractivity contribution in [1.82, 2.24) is 0 Å². The van der Waals surface area contributed by atoms with Crippen molar-refractivity contribution in [2.45, 2.75) is 341 Å². The van der Waals surface area contributed by atoms with Crippen LogP contribution in [0.3, 0.4) is 0 Å². The van der Waals surface area contributed by atoms with Gasteiger partial charge < -0.3 is 33.8 Å². The minimum Gasteiger partial charge on any atom is -0.462 e. The van der Waals surface area contributed by atoms with Gasteiger partial charge in [-0.05, 0) is 25.7 Å². The molecule has 0 rings (SSSR count). The van der Waals surface area contributed by atoms with Gasteiger partial charge in [0.2, 0.25) is 0 Å². The van der Waals surface area contributed by atoms with Gasteiger partial charge in [-0.15, -0.1) is 0 Å². The Kier molecular flexibility index (Phi) is 56.7. The summed E-state index contributed by atoms with van der Waals surface area (Å²) in [5.41, 5.74) is 0. The highest BCUT2D eigenvalue weighted by Gasteiger charge is 2.30. The molecule has 0 aliphatic carbocycles. The van der Waals surface area contributed by atoms with Crippen molar-refractivity contribution in [2.75, 3.05) is 39.6 Å². The van der Waals surface area contributed by atoms with Gasteiger partial charge in [-0.2, -0.15) is 0 Å². The Morgan fingerprint density at radius 2 is 0.488 bits per heavy atom. The molecule has 486 valence electrons. The number of unbranched alkanes of at least 4 members (excludes halogenated alkanes) is 38. The smallest absolute Gasteiger partial charge is 0.462 e. The molecule has 0 amide bonds. The van der Waals surface area contributed by atoms with Gasteiger partial charge in [0.15, 0.2) is 12.2 Å². The summed E-state index contributed by atoms with van der Waals surface area (Å²) in [6.45, 7) is 4.86. The van der Waals surface area contributed by atoms with E-state index in [1.165, 1.54) is 148 Å². The molecule has 5 atom stereocenters. The summed E-state index contributed by atoms with van der Waals surface area (Å²) in [4.78, 5) is 72.1. The van der Waals surface area contributed by atoms with Crippen LogP contribution >= 0.6 is 15.6 Å². The average Bonchev–Trinajstić information content (AvgIpc) is 3.47. The molecule has 0 aromatic rings. The van der Waals surface area contributed by atoms with Crippen molar-refractivity contribution in [3.63, 3.8) is 0 Å². The van der Waals surface area contributed by atoms with Crippen molar-refractivity contribution in [3.05, 3.63) is 0 Å². The fraction of sp³-hybridized carbons (Fsp3) is 0.937. The first-order valence-corrected chi connectivity index (χ1v) is 36.3. The number of rotatable bonds is 64. The van der Waals surface area contributed by atoms with E-state index in [1.54, 1.807) is 0 Å². The Morgan fingerprint density at radius 3 is 0.720 bits per heavy atom. The predicted molar refractivity (Wildman–Crippen MR) is 326 cm³/mol. The van der Waals surface area contributed by atoms with Crippen LogP contribution in [0.1, 0.15) is 323 Å². The molecule has 0 aliphatic heterocycles. The van der Waals surface area contributed by atoms with Gasteiger partial charge in [-0.3, -0.25) is 37.3 Å². The topological polar surface area (TPSA) is 237 Å². The highest BCUT2D eigenvalue weighted by molar-refractivity contribution is 7.47. The second-order valence-electron chi connectivity index (χ2n) is 22.8. The molecule has 17 nitrogen and oxygen atoms in total. The van der Waals surface area contributed by atoms with Gasteiger partial charge in [0.05, 0.1) is 26.4 Å². The number of phosphoric acid groups is 2. The summed E-state index contributed by atoms with van der Waals surface area (Å²) < 4.78 is 67.9. The number of hydrogen-bond acceptors (Lipinski definition) is 15. The van der Waals surface area contributed by atoms with Gasteiger partial charge >= 0.3 is 39.5 Å². The maximum Gasteiger partial charge on any atom is 0.472 e. The average molecular weight is 1210 g/mol. The molecule has 0 aromatic carbocycles. The fourth-order valence-corrected chi connectivity index (χ4v) is 11.0. The second kappa shape index (κ2) is 58.1. The third-order valence-corrected chi connectivity index (χ3v) is 16.5. The first kappa shape index (κ1) is 80.1. The number of carbonyl (C=O) groups excluding carboxylic acids is 4. The van der Waals surface area contributed by atoms with Gasteiger partial charge in [-0.1, -0.05) is 272 Å². The van der Waals surface area contributed by atoms with Gasteiger partial charge in [-0.25, -0.2) is 9.13 Å². The minimum atomic E-state index is -4.94. The molecule has 0 bridgehead atoms. The number of hydrogen-bond donors (Lipinski definition) is 3. The van der Waals surface area contributed by atoms with E-state index < -0.39 is 97.5 Å². The van der Waals surface area contributed by atoms with Crippen LogP contribution in [0.15, 0.2) is 0 Å². The summed E-state index contributed by atoms with van der Waals surface area (Å²) in [5.74, 6) is -2.13. The molecule has 0 aliphatic rings. The van der Waals surface area contributed by atoms with Crippen molar-refractivity contribution >= 4 is 39.5 Å². The normalized spacial score (nSPS) is 14.2. The zero-order chi connectivity index (χ0) is 60.5. The molecule has 0 aromatic heterocycles. The molecule has 82 heavy (non-hydrogen) atoms. The van der Waals surface area contributed by atoms with E-state index in [9.17, 15) is 43.2 Å². The van der Waals surface area contributed by atoms with Crippen LogP contribution in [0.4, 0.5) is 0 Å². The molecule has 0 fully saturated rings. The van der Waals surface area contributed by atoms with Crippen molar-refractivity contribution in [2.24, 2.45) is 0 Å². The van der Waals surface area contributed by atoms with E-state index in [4.69, 9.17) is 37.0 Å². The molecular formula is C63H122O17P2. The number of aliphatic hydroxyl groups is 1. The van der Waals surface area contributed by atoms with E-state index in [1.807, 2.05) is 0 Å². The summed E-state index contributed by atoms with van der Waals surface area (Å²) in [6.07, 6.45) is 42.9. The Morgan fingerprint density at radius 1 is 0.293 bits per heavy atom. The first-order chi connectivity index (χ1) is 39.7. The lowest BCUT2D eigenvalue weighted by atomic mass is 10.0. The molecule has 19 heteroatoms. The van der Waals surface area contributed by atoms with Crippen LogP contribution in [0, 0.1) is 0 Å². The van der Waals surface area contributed by atoms with Crippen LogP contribution in [0.25, 0.3) is 0 Å². The Labute approximate surface area is 498 Å². The fourth-order valence-electron chi connectivity index (χ4n) is 9.46. The number of phosphoric ester groups is 2. The third kappa shape index (κ3) is 57.2. The van der Waals surface area contributed by atoms with Gasteiger partial charge in [0.25, 0.3) is 0 Å². The Hall–Kier alpha value is -1.94. The highest BCUT2D eigenvalue weighted by Crippen LogP contribution is 2.45. The lowest BCUT2D eigenvalue weighted by Gasteiger charge is -2.21. The van der Waals surface area contributed by atoms with Crippen molar-refractivity contribution in [1.29, 1.82) is 0 Å². The van der Waals surface area contributed by atoms with E-state index in [0.29, 0.717) is 25.7 Å². The Balaban J connectivity index is 5.22. The van der Waals surface area contributed by atoms with Crippen molar-refractivity contribution in [3.8, 4) is 0 Å². The number of aliphatic hydroxyl groups excluding tert-OH is 1. The molecule has 0 heterocycles. The minimum absolute atomic E-state index is 0.107. The summed E-state index contributed by atoms with van der Waals surface area (Å²) in [6, 6.07) is 0. The van der Waals surface area contributed by atoms with E-state index >= 15 is 0 Å². The second-order valence-corrected chi connectivity index (χ2v) is 25.7. The maximum absolute atomic E-state index is 13.0.